The summed E-state index contributed by atoms with van der Waals surface area (Å²) in [4.78, 5) is 0. The maximum atomic E-state index is 10.7. The average molecular weight is 430 g/mol. The second-order valence-electron chi connectivity index (χ2n) is 5.76. The second-order valence-corrected chi connectivity index (χ2v) is 7.53. The summed E-state index contributed by atoms with van der Waals surface area (Å²) >= 11 is 7.14. The number of hydrogen-bond acceptors (Lipinski definition) is 2. The van der Waals surface area contributed by atoms with E-state index in [4.69, 9.17) is 4.42 Å². The van der Waals surface area contributed by atoms with Gasteiger partial charge in [-0.3, -0.25) is 0 Å². The van der Waals surface area contributed by atoms with Gasteiger partial charge in [0.2, 0.25) is 0 Å². The molecule has 0 fully saturated rings. The van der Waals surface area contributed by atoms with Crippen molar-refractivity contribution in [2.24, 2.45) is 0 Å². The molecule has 0 aliphatic heterocycles. The Morgan fingerprint density at radius 3 is 2.65 bits per heavy atom. The van der Waals surface area contributed by atoms with Crippen molar-refractivity contribution in [3.05, 3.63) is 68.6 Å². The number of para-hydroxylation sites is 1. The molecule has 1 aromatic heterocycles. The first-order valence-electron chi connectivity index (χ1n) is 7.26. The summed E-state index contributed by atoms with van der Waals surface area (Å²) in [6.45, 7) is 0. The number of halogens is 2. The van der Waals surface area contributed by atoms with Crippen molar-refractivity contribution in [3.63, 3.8) is 0 Å². The van der Waals surface area contributed by atoms with Gasteiger partial charge in [-0.15, -0.1) is 0 Å². The highest BCUT2D eigenvalue weighted by Gasteiger charge is 2.31. The smallest absolute Gasteiger partial charge is 0.144 e. The van der Waals surface area contributed by atoms with Gasteiger partial charge in [0, 0.05) is 25.3 Å². The van der Waals surface area contributed by atoms with Gasteiger partial charge in [0.05, 0.1) is 0 Å². The number of aliphatic hydroxyl groups excluding tert-OH is 1. The molecular weight excluding hydrogens is 420 g/mol. The second kappa shape index (κ2) is 4.69. The Labute approximate surface area is 149 Å². The van der Waals surface area contributed by atoms with Gasteiger partial charge in [-0.05, 0) is 41.0 Å². The highest BCUT2D eigenvalue weighted by atomic mass is 79.9. The topological polar surface area (TPSA) is 33.4 Å². The van der Waals surface area contributed by atoms with Crippen LogP contribution in [0.5, 0.6) is 0 Å². The van der Waals surface area contributed by atoms with E-state index in [-0.39, 0.29) is 0 Å². The predicted octanol–water partition coefficient (Wildman–Crippen LogP) is 6.17. The van der Waals surface area contributed by atoms with Crippen LogP contribution < -0.4 is 0 Å². The molecule has 1 aliphatic rings. The standard InChI is InChI=1S/C19H10Br2O2/c20-9-5-6-10-12(7-9)18(22)13-8-14(21)17-11-3-1-2-4-15(11)23-19(17)16(10)13/h1-8,18,22H. The maximum absolute atomic E-state index is 10.7. The van der Waals surface area contributed by atoms with E-state index in [1.54, 1.807) is 0 Å². The first-order valence-corrected chi connectivity index (χ1v) is 8.85. The van der Waals surface area contributed by atoms with Crippen LogP contribution in [0.4, 0.5) is 0 Å². The fraction of sp³-hybridized carbons (Fsp3) is 0.0526. The van der Waals surface area contributed by atoms with E-state index < -0.39 is 6.10 Å². The van der Waals surface area contributed by atoms with Crippen LogP contribution in [0.15, 0.2) is 61.9 Å². The third-order valence-electron chi connectivity index (χ3n) is 4.50. The van der Waals surface area contributed by atoms with Gasteiger partial charge in [-0.1, -0.05) is 56.1 Å². The zero-order valence-corrected chi connectivity index (χ0v) is 15.0. The van der Waals surface area contributed by atoms with Crippen LogP contribution in [-0.4, -0.2) is 5.11 Å². The first-order chi connectivity index (χ1) is 11.1. The maximum Gasteiger partial charge on any atom is 0.144 e. The van der Waals surface area contributed by atoms with E-state index >= 15 is 0 Å². The van der Waals surface area contributed by atoms with Crippen molar-refractivity contribution >= 4 is 53.8 Å². The molecule has 23 heavy (non-hydrogen) atoms. The first kappa shape index (κ1) is 13.8. The van der Waals surface area contributed by atoms with E-state index in [2.05, 4.69) is 37.9 Å². The highest BCUT2D eigenvalue weighted by molar-refractivity contribution is 9.11. The average Bonchev–Trinajstić information content (AvgIpc) is 3.05. The molecule has 4 aromatic rings. The molecule has 0 spiro atoms. The molecule has 0 bridgehead atoms. The summed E-state index contributed by atoms with van der Waals surface area (Å²) in [6, 6.07) is 16.0. The summed E-state index contributed by atoms with van der Waals surface area (Å²) in [5, 5.41) is 12.9. The predicted molar refractivity (Wildman–Crippen MR) is 98.6 cm³/mol. The lowest BCUT2D eigenvalue weighted by molar-refractivity contribution is 0.225. The fourth-order valence-corrected chi connectivity index (χ4v) is 4.54. The summed E-state index contributed by atoms with van der Waals surface area (Å²) in [7, 11) is 0. The molecule has 2 nitrogen and oxygen atoms in total. The lowest BCUT2D eigenvalue weighted by Crippen LogP contribution is -1.93. The van der Waals surface area contributed by atoms with Gasteiger partial charge < -0.3 is 9.52 Å². The van der Waals surface area contributed by atoms with Crippen molar-refractivity contribution in [1.29, 1.82) is 0 Å². The van der Waals surface area contributed by atoms with E-state index in [9.17, 15) is 5.11 Å². The van der Waals surface area contributed by atoms with Crippen molar-refractivity contribution in [2.45, 2.75) is 6.10 Å². The van der Waals surface area contributed by atoms with Crippen LogP contribution in [0, 0.1) is 0 Å². The van der Waals surface area contributed by atoms with Gasteiger partial charge in [0.15, 0.2) is 0 Å². The minimum absolute atomic E-state index is 0.633. The molecule has 4 heteroatoms. The van der Waals surface area contributed by atoms with Gasteiger partial charge in [0.25, 0.3) is 0 Å². The minimum atomic E-state index is -0.633. The van der Waals surface area contributed by atoms with E-state index in [0.29, 0.717) is 0 Å². The summed E-state index contributed by atoms with van der Waals surface area (Å²) in [5.41, 5.74) is 5.51. The Morgan fingerprint density at radius 2 is 1.78 bits per heavy atom. The van der Waals surface area contributed by atoms with Crippen molar-refractivity contribution in [1.82, 2.24) is 0 Å². The third-order valence-corrected chi connectivity index (χ3v) is 5.62. The minimum Gasteiger partial charge on any atom is -0.455 e. The molecule has 0 saturated heterocycles. The Hall–Kier alpha value is -1.62. The van der Waals surface area contributed by atoms with E-state index in [1.165, 1.54) is 0 Å². The largest absolute Gasteiger partial charge is 0.455 e. The summed E-state index contributed by atoms with van der Waals surface area (Å²) in [5.74, 6) is 0. The molecule has 1 aliphatic carbocycles. The molecule has 0 saturated carbocycles. The Balaban J connectivity index is 2.00. The fourth-order valence-electron chi connectivity index (χ4n) is 3.52. The molecule has 5 rings (SSSR count). The number of furan rings is 1. The molecular formula is C19H10Br2O2. The molecule has 1 unspecified atom stereocenters. The Morgan fingerprint density at radius 1 is 0.957 bits per heavy atom. The number of rotatable bonds is 0. The quantitative estimate of drug-likeness (QED) is 0.362. The number of fused-ring (bicyclic) bond motifs is 7. The van der Waals surface area contributed by atoms with Gasteiger partial charge in [-0.25, -0.2) is 0 Å². The number of aliphatic hydroxyl groups is 1. The van der Waals surface area contributed by atoms with Crippen molar-refractivity contribution in [2.75, 3.05) is 0 Å². The summed E-state index contributed by atoms with van der Waals surface area (Å²) in [6.07, 6.45) is -0.633. The van der Waals surface area contributed by atoms with Gasteiger partial charge >= 0.3 is 0 Å². The van der Waals surface area contributed by atoms with Crippen LogP contribution >= 0.6 is 31.9 Å². The van der Waals surface area contributed by atoms with Gasteiger partial charge in [0.1, 0.15) is 17.3 Å². The van der Waals surface area contributed by atoms with Crippen LogP contribution in [0.2, 0.25) is 0 Å². The zero-order chi connectivity index (χ0) is 15.7. The van der Waals surface area contributed by atoms with Crippen molar-refractivity contribution < 1.29 is 9.52 Å². The van der Waals surface area contributed by atoms with Crippen molar-refractivity contribution in [3.8, 4) is 11.1 Å². The molecule has 1 N–H and O–H groups in total. The Bertz CT molecular complexity index is 1110. The monoisotopic (exact) mass is 428 g/mol. The van der Waals surface area contributed by atoms with E-state index in [1.807, 2.05) is 42.5 Å². The lowest BCUT2D eigenvalue weighted by Gasteiger charge is -2.06. The zero-order valence-electron chi connectivity index (χ0n) is 11.8. The highest BCUT2D eigenvalue weighted by Crippen LogP contribution is 2.51. The third kappa shape index (κ3) is 1.77. The molecule has 1 atom stereocenters. The molecule has 1 heterocycles. The van der Waals surface area contributed by atoms with Crippen LogP contribution in [0.3, 0.4) is 0 Å². The van der Waals surface area contributed by atoms with Crippen LogP contribution in [0.1, 0.15) is 17.2 Å². The van der Waals surface area contributed by atoms with Crippen LogP contribution in [0.25, 0.3) is 33.1 Å². The van der Waals surface area contributed by atoms with Gasteiger partial charge in [-0.2, -0.15) is 0 Å². The Kier molecular flexibility index (Phi) is 2.81. The normalized spacial score (nSPS) is 16.0. The van der Waals surface area contributed by atoms with E-state index in [0.717, 1.165) is 53.1 Å². The molecule has 3 aromatic carbocycles. The number of hydrogen-bond donors (Lipinski definition) is 1. The lowest BCUT2D eigenvalue weighted by atomic mass is 10.0. The number of benzene rings is 3. The molecule has 0 amide bonds. The van der Waals surface area contributed by atoms with Crippen LogP contribution in [-0.2, 0) is 0 Å². The molecule has 112 valence electrons. The molecule has 0 radical (unpaired) electrons. The SMILES string of the molecule is OC1c2cc(Br)ccc2-c2c1cc(Br)c1c2oc2ccccc21. The summed E-state index contributed by atoms with van der Waals surface area (Å²) < 4.78 is 8.07.